The van der Waals surface area contributed by atoms with Crippen LogP contribution in [0.3, 0.4) is 0 Å². The number of fused-ring (bicyclic) bond motifs is 1. The van der Waals surface area contributed by atoms with Gasteiger partial charge in [-0.15, -0.1) is 11.0 Å². The summed E-state index contributed by atoms with van der Waals surface area (Å²) in [5, 5.41) is 7.60. The number of nitrogens with one attached hydrogen (secondary N) is 2. The Bertz CT molecular complexity index is 1240. The molecular formula is C21H20N8O2. The Morgan fingerprint density at radius 3 is 2.77 bits per heavy atom. The second-order valence-electron chi connectivity index (χ2n) is 6.80. The molecule has 0 saturated carbocycles. The molecule has 156 valence electrons. The summed E-state index contributed by atoms with van der Waals surface area (Å²) in [6.45, 7) is 1.95. The van der Waals surface area contributed by atoms with E-state index in [9.17, 15) is 9.59 Å². The van der Waals surface area contributed by atoms with Crippen LogP contribution in [0.2, 0.25) is 0 Å². The molecule has 31 heavy (non-hydrogen) atoms. The number of hydrogen-bond donors (Lipinski definition) is 4. The number of H-pyrrole nitrogens is 1. The maximum atomic E-state index is 12.6. The number of rotatable bonds is 5. The van der Waals surface area contributed by atoms with Crippen molar-refractivity contribution in [2.75, 3.05) is 11.4 Å². The maximum Gasteiger partial charge on any atom is 0.329 e. The van der Waals surface area contributed by atoms with E-state index in [1.165, 1.54) is 4.90 Å². The average molecular weight is 416 g/mol. The molecule has 1 aliphatic rings. The minimum absolute atomic E-state index is 0.208. The molecule has 3 amide bonds. The van der Waals surface area contributed by atoms with Crippen molar-refractivity contribution < 1.29 is 9.59 Å². The molecule has 0 spiro atoms. The van der Waals surface area contributed by atoms with Gasteiger partial charge in [0, 0.05) is 11.3 Å². The van der Waals surface area contributed by atoms with Gasteiger partial charge >= 0.3 is 6.03 Å². The van der Waals surface area contributed by atoms with E-state index in [-0.39, 0.29) is 12.4 Å². The lowest BCUT2D eigenvalue weighted by molar-refractivity contribution is -0.119. The molecule has 1 atom stereocenters. The molecule has 1 unspecified atom stereocenters. The number of nitrogens with two attached hydrogens (primary N) is 2. The molecule has 0 bridgehead atoms. The highest BCUT2D eigenvalue weighted by molar-refractivity contribution is 6.15. The van der Waals surface area contributed by atoms with Gasteiger partial charge in [0.25, 0.3) is 5.91 Å². The number of amides is 3. The number of benzene rings is 2. The van der Waals surface area contributed by atoms with Crippen molar-refractivity contribution in [3.05, 3.63) is 59.9 Å². The quantitative estimate of drug-likeness (QED) is 0.123. The van der Waals surface area contributed by atoms with Crippen molar-refractivity contribution in [1.29, 1.82) is 0 Å². The SMILES string of the molecule is CC#CCN(N)/N=C(\N)c1ccc(C2C(=O)NC(=O)N2c2ccc3[nH]cnc3c2)cc1. The number of imide groups is 1. The molecule has 3 aromatic rings. The van der Waals surface area contributed by atoms with Gasteiger partial charge in [-0.3, -0.25) is 15.0 Å². The topological polar surface area (TPSA) is 146 Å². The summed E-state index contributed by atoms with van der Waals surface area (Å²) >= 11 is 0. The number of hydrazone groups is 1. The zero-order chi connectivity index (χ0) is 22.0. The van der Waals surface area contributed by atoms with E-state index in [4.69, 9.17) is 11.6 Å². The molecule has 10 nitrogen and oxygen atoms in total. The lowest BCUT2D eigenvalue weighted by Crippen LogP contribution is -2.30. The monoisotopic (exact) mass is 416 g/mol. The van der Waals surface area contributed by atoms with E-state index < -0.39 is 18.0 Å². The van der Waals surface area contributed by atoms with Gasteiger partial charge in [0.05, 0.1) is 17.4 Å². The van der Waals surface area contributed by atoms with Gasteiger partial charge in [-0.25, -0.2) is 20.7 Å². The third kappa shape index (κ3) is 3.90. The van der Waals surface area contributed by atoms with Gasteiger partial charge in [-0.1, -0.05) is 30.2 Å². The predicted molar refractivity (Wildman–Crippen MR) is 116 cm³/mol. The standard InChI is InChI=1S/C21H20N8O2/c1-2-3-10-28(23)27-19(22)14-6-4-13(5-7-14)18-20(30)26-21(31)29(18)15-8-9-16-17(11-15)25-12-24-16/h4-9,11-12,18H,10,23H2,1H3,(H2,22,27)(H,24,25)(H,26,30,31). The van der Waals surface area contributed by atoms with Gasteiger partial charge in [0.2, 0.25) is 0 Å². The Morgan fingerprint density at radius 2 is 2.03 bits per heavy atom. The van der Waals surface area contributed by atoms with Crippen molar-refractivity contribution in [3.8, 4) is 11.8 Å². The van der Waals surface area contributed by atoms with Crippen LogP contribution < -0.4 is 21.8 Å². The molecule has 10 heteroatoms. The molecule has 6 N–H and O–H groups in total. The Labute approximate surface area is 177 Å². The number of hydrogen-bond acceptors (Lipinski definition) is 6. The summed E-state index contributed by atoms with van der Waals surface area (Å²) in [4.78, 5) is 33.7. The second kappa shape index (κ2) is 8.17. The van der Waals surface area contributed by atoms with E-state index in [0.29, 0.717) is 22.3 Å². The number of amidine groups is 1. The van der Waals surface area contributed by atoms with Crippen LogP contribution in [0, 0.1) is 11.8 Å². The van der Waals surface area contributed by atoms with E-state index in [1.54, 1.807) is 49.6 Å². The van der Waals surface area contributed by atoms with Gasteiger partial charge in [-0.05, 0) is 30.7 Å². The van der Waals surface area contributed by atoms with Crippen LogP contribution in [-0.2, 0) is 4.79 Å². The normalized spacial score (nSPS) is 16.3. The molecule has 2 aromatic carbocycles. The highest BCUT2D eigenvalue weighted by Crippen LogP contribution is 2.32. The Balaban J connectivity index is 1.62. The van der Waals surface area contributed by atoms with Crippen molar-refractivity contribution in [2.24, 2.45) is 16.7 Å². The molecule has 0 aliphatic carbocycles. The van der Waals surface area contributed by atoms with Crippen LogP contribution in [0.5, 0.6) is 0 Å². The fourth-order valence-electron chi connectivity index (χ4n) is 3.33. The number of imidazole rings is 1. The molecule has 1 fully saturated rings. The number of nitrogens with zero attached hydrogens (tertiary/aromatic N) is 4. The van der Waals surface area contributed by atoms with Gasteiger partial charge in [0.15, 0.2) is 5.84 Å². The Hall–Kier alpha value is -4.36. The Morgan fingerprint density at radius 1 is 1.26 bits per heavy atom. The molecule has 0 radical (unpaired) electrons. The fraction of sp³-hybridized carbons (Fsp3) is 0.143. The summed E-state index contributed by atoms with van der Waals surface area (Å²) in [5.41, 5.74) is 9.36. The van der Waals surface area contributed by atoms with Crippen molar-refractivity contribution in [3.63, 3.8) is 0 Å². The van der Waals surface area contributed by atoms with Gasteiger partial charge in [-0.2, -0.15) is 0 Å². The van der Waals surface area contributed by atoms with Crippen molar-refractivity contribution in [2.45, 2.75) is 13.0 Å². The molecule has 1 aliphatic heterocycles. The first-order valence-corrected chi connectivity index (χ1v) is 9.41. The molecule has 2 heterocycles. The first kappa shape index (κ1) is 19.9. The number of hydrazine groups is 1. The number of aromatic nitrogens is 2. The third-order valence-electron chi connectivity index (χ3n) is 4.81. The van der Waals surface area contributed by atoms with E-state index >= 15 is 0 Å². The van der Waals surface area contributed by atoms with Crippen molar-refractivity contribution in [1.82, 2.24) is 20.4 Å². The van der Waals surface area contributed by atoms with Crippen LogP contribution in [0.15, 0.2) is 53.9 Å². The van der Waals surface area contributed by atoms with E-state index in [2.05, 4.69) is 32.2 Å². The predicted octanol–water partition coefficient (Wildman–Crippen LogP) is 1.18. The minimum Gasteiger partial charge on any atom is -0.382 e. The first-order valence-electron chi connectivity index (χ1n) is 9.41. The first-order chi connectivity index (χ1) is 15.0. The summed E-state index contributed by atoms with van der Waals surface area (Å²) in [7, 11) is 0. The maximum absolute atomic E-state index is 12.6. The van der Waals surface area contributed by atoms with Crippen LogP contribution >= 0.6 is 0 Å². The molecule has 4 rings (SSSR count). The zero-order valence-electron chi connectivity index (χ0n) is 16.7. The largest absolute Gasteiger partial charge is 0.382 e. The molecule has 1 aromatic heterocycles. The second-order valence-corrected chi connectivity index (χ2v) is 6.80. The van der Waals surface area contributed by atoms with Crippen LogP contribution in [-0.4, -0.2) is 39.4 Å². The molecule has 1 saturated heterocycles. The lowest BCUT2D eigenvalue weighted by Gasteiger charge is -2.22. The Kier molecular flexibility index (Phi) is 5.26. The summed E-state index contributed by atoms with van der Waals surface area (Å²) in [5.74, 6) is 11.0. The van der Waals surface area contributed by atoms with Crippen LogP contribution in [0.1, 0.15) is 24.1 Å². The molecular weight excluding hydrogens is 396 g/mol. The number of urea groups is 1. The number of anilines is 1. The van der Waals surface area contributed by atoms with E-state index in [1.807, 2.05) is 6.07 Å². The number of carbonyl (C=O) groups is 2. The lowest BCUT2D eigenvalue weighted by atomic mass is 10.0. The number of carbonyl (C=O) groups excluding carboxylic acids is 2. The highest BCUT2D eigenvalue weighted by Gasteiger charge is 2.40. The van der Waals surface area contributed by atoms with Crippen LogP contribution in [0.25, 0.3) is 11.0 Å². The fourth-order valence-corrected chi connectivity index (χ4v) is 3.33. The van der Waals surface area contributed by atoms with Crippen LogP contribution in [0.4, 0.5) is 10.5 Å². The summed E-state index contributed by atoms with van der Waals surface area (Å²) in [6, 6.07) is 10.9. The minimum atomic E-state index is -0.818. The van der Waals surface area contributed by atoms with Crippen molar-refractivity contribution >= 4 is 34.5 Å². The smallest absolute Gasteiger partial charge is 0.329 e. The van der Waals surface area contributed by atoms with E-state index in [0.717, 1.165) is 10.6 Å². The van der Waals surface area contributed by atoms with Gasteiger partial charge < -0.3 is 10.7 Å². The summed E-state index contributed by atoms with van der Waals surface area (Å²) < 4.78 is 0. The highest BCUT2D eigenvalue weighted by atomic mass is 16.2. The number of aromatic amines is 1. The third-order valence-corrected chi connectivity index (χ3v) is 4.81. The average Bonchev–Trinajstić information content (AvgIpc) is 3.34. The van der Waals surface area contributed by atoms with Gasteiger partial charge in [0.1, 0.15) is 12.6 Å². The zero-order valence-corrected chi connectivity index (χ0v) is 16.7. The summed E-state index contributed by atoms with van der Waals surface area (Å²) in [6.07, 6.45) is 1.57.